The standard InChI is InChI=1S/C11H13ClFNO/c1-7-8(2-3-9(13)11(7)12)10-6-15-5-4-14-10/h2-3,10,14H,4-6H2,1H3. The van der Waals surface area contributed by atoms with Crippen LogP contribution in [0.5, 0.6) is 0 Å². The monoisotopic (exact) mass is 229 g/mol. The molecule has 1 saturated heterocycles. The molecule has 2 nitrogen and oxygen atoms in total. The van der Waals surface area contributed by atoms with Crippen molar-refractivity contribution >= 4 is 11.6 Å². The van der Waals surface area contributed by atoms with E-state index in [4.69, 9.17) is 16.3 Å². The zero-order valence-corrected chi connectivity index (χ0v) is 9.27. The van der Waals surface area contributed by atoms with Crippen molar-refractivity contribution in [2.75, 3.05) is 19.8 Å². The number of hydrogen-bond acceptors (Lipinski definition) is 2. The van der Waals surface area contributed by atoms with Gasteiger partial charge in [-0.05, 0) is 24.1 Å². The smallest absolute Gasteiger partial charge is 0.142 e. The molecule has 0 aromatic heterocycles. The van der Waals surface area contributed by atoms with Gasteiger partial charge >= 0.3 is 0 Å². The highest BCUT2D eigenvalue weighted by Crippen LogP contribution is 2.27. The largest absolute Gasteiger partial charge is 0.378 e. The van der Waals surface area contributed by atoms with Crippen LogP contribution < -0.4 is 5.32 Å². The number of ether oxygens (including phenoxy) is 1. The maximum absolute atomic E-state index is 13.1. The second-order valence-corrected chi connectivity index (χ2v) is 4.04. The Morgan fingerprint density at radius 1 is 1.53 bits per heavy atom. The molecule has 0 bridgehead atoms. The first kappa shape index (κ1) is 10.9. The van der Waals surface area contributed by atoms with Crippen molar-refractivity contribution in [3.8, 4) is 0 Å². The maximum Gasteiger partial charge on any atom is 0.142 e. The summed E-state index contributed by atoms with van der Waals surface area (Å²) in [5, 5.41) is 3.53. The number of hydrogen-bond donors (Lipinski definition) is 1. The molecule has 4 heteroatoms. The van der Waals surface area contributed by atoms with Gasteiger partial charge in [-0.2, -0.15) is 0 Å². The zero-order valence-electron chi connectivity index (χ0n) is 8.52. The normalized spacial score (nSPS) is 21.7. The van der Waals surface area contributed by atoms with Gasteiger partial charge in [0, 0.05) is 6.54 Å². The number of halogens is 2. The average molecular weight is 230 g/mol. The minimum Gasteiger partial charge on any atom is -0.378 e. The first-order valence-electron chi connectivity index (χ1n) is 4.96. The van der Waals surface area contributed by atoms with Crippen LogP contribution in [0.1, 0.15) is 17.2 Å². The summed E-state index contributed by atoms with van der Waals surface area (Å²) < 4.78 is 18.5. The van der Waals surface area contributed by atoms with E-state index < -0.39 is 0 Å². The Balaban J connectivity index is 2.31. The molecule has 1 fully saturated rings. The lowest BCUT2D eigenvalue weighted by Gasteiger charge is -2.25. The molecule has 1 atom stereocenters. The van der Waals surface area contributed by atoms with E-state index in [9.17, 15) is 4.39 Å². The second kappa shape index (κ2) is 4.47. The molecule has 1 aliphatic rings. The molecule has 1 N–H and O–H groups in total. The van der Waals surface area contributed by atoms with Gasteiger partial charge in [-0.1, -0.05) is 17.7 Å². The number of benzene rings is 1. The fraction of sp³-hybridized carbons (Fsp3) is 0.455. The lowest BCUT2D eigenvalue weighted by molar-refractivity contribution is 0.0767. The highest BCUT2D eigenvalue weighted by Gasteiger charge is 2.19. The Morgan fingerprint density at radius 3 is 3.00 bits per heavy atom. The predicted octanol–water partition coefficient (Wildman–Crippen LogP) is 2.45. The van der Waals surface area contributed by atoms with Gasteiger partial charge in [-0.25, -0.2) is 4.39 Å². The molecule has 0 amide bonds. The summed E-state index contributed by atoms with van der Waals surface area (Å²) in [6.45, 7) is 3.99. The molecular formula is C11H13ClFNO. The van der Waals surface area contributed by atoms with Gasteiger partial charge in [0.05, 0.1) is 24.3 Å². The minimum atomic E-state index is -0.366. The molecule has 1 aliphatic heterocycles. The molecule has 1 aromatic carbocycles. The third-order valence-corrected chi connectivity index (χ3v) is 3.14. The van der Waals surface area contributed by atoms with Crippen LogP contribution in [0.2, 0.25) is 5.02 Å². The molecule has 0 spiro atoms. The van der Waals surface area contributed by atoms with Crippen molar-refractivity contribution in [1.29, 1.82) is 0 Å². The highest BCUT2D eigenvalue weighted by atomic mass is 35.5. The molecule has 1 unspecified atom stereocenters. The molecule has 82 valence electrons. The van der Waals surface area contributed by atoms with Crippen LogP contribution in [0.4, 0.5) is 4.39 Å². The van der Waals surface area contributed by atoms with Crippen molar-refractivity contribution in [2.45, 2.75) is 13.0 Å². The van der Waals surface area contributed by atoms with Gasteiger partial charge in [0.15, 0.2) is 0 Å². The summed E-state index contributed by atoms with van der Waals surface area (Å²) in [6, 6.07) is 3.29. The van der Waals surface area contributed by atoms with E-state index in [1.54, 1.807) is 6.07 Å². The van der Waals surface area contributed by atoms with Crippen LogP contribution in [-0.4, -0.2) is 19.8 Å². The predicted molar refractivity (Wildman–Crippen MR) is 57.7 cm³/mol. The van der Waals surface area contributed by atoms with E-state index in [-0.39, 0.29) is 16.9 Å². The van der Waals surface area contributed by atoms with Crippen LogP contribution in [0.25, 0.3) is 0 Å². The van der Waals surface area contributed by atoms with Crippen molar-refractivity contribution < 1.29 is 9.13 Å². The molecule has 0 aliphatic carbocycles. The van der Waals surface area contributed by atoms with Crippen molar-refractivity contribution in [3.63, 3.8) is 0 Å². The molecule has 0 radical (unpaired) electrons. The van der Waals surface area contributed by atoms with Crippen LogP contribution >= 0.6 is 11.6 Å². The summed E-state index contributed by atoms with van der Waals surface area (Å²) in [5.41, 5.74) is 1.81. The molecular weight excluding hydrogens is 217 g/mol. The number of rotatable bonds is 1. The molecule has 2 rings (SSSR count). The van der Waals surface area contributed by atoms with E-state index in [1.165, 1.54) is 6.07 Å². The van der Waals surface area contributed by atoms with Crippen LogP contribution in [0, 0.1) is 12.7 Å². The molecule has 1 aromatic rings. The Labute approximate surface area is 93.4 Å². The van der Waals surface area contributed by atoms with E-state index in [2.05, 4.69) is 5.32 Å². The van der Waals surface area contributed by atoms with Crippen molar-refractivity contribution in [1.82, 2.24) is 5.32 Å². The SMILES string of the molecule is Cc1c(C2COCCN2)ccc(F)c1Cl. The molecule has 15 heavy (non-hydrogen) atoms. The third kappa shape index (κ3) is 2.14. The van der Waals surface area contributed by atoms with Gasteiger partial charge in [-0.3, -0.25) is 0 Å². The summed E-state index contributed by atoms with van der Waals surface area (Å²) in [4.78, 5) is 0. The highest BCUT2D eigenvalue weighted by molar-refractivity contribution is 6.31. The lowest BCUT2D eigenvalue weighted by Crippen LogP contribution is -2.35. The lowest BCUT2D eigenvalue weighted by atomic mass is 10.0. The van der Waals surface area contributed by atoms with Gasteiger partial charge in [0.1, 0.15) is 5.82 Å². The molecule has 1 heterocycles. The Hall–Kier alpha value is -0.640. The summed E-state index contributed by atoms with van der Waals surface area (Å²) in [6.07, 6.45) is 0. The van der Waals surface area contributed by atoms with E-state index in [0.29, 0.717) is 6.61 Å². The van der Waals surface area contributed by atoms with Crippen LogP contribution in [-0.2, 0) is 4.74 Å². The summed E-state index contributed by atoms with van der Waals surface area (Å²) >= 11 is 5.86. The Morgan fingerprint density at radius 2 is 2.33 bits per heavy atom. The fourth-order valence-corrected chi connectivity index (χ4v) is 1.98. The van der Waals surface area contributed by atoms with Gasteiger partial charge in [-0.15, -0.1) is 0 Å². The van der Waals surface area contributed by atoms with Crippen LogP contribution in [0.3, 0.4) is 0 Å². The van der Waals surface area contributed by atoms with Crippen LogP contribution in [0.15, 0.2) is 12.1 Å². The first-order valence-corrected chi connectivity index (χ1v) is 5.33. The van der Waals surface area contributed by atoms with Gasteiger partial charge in [0.25, 0.3) is 0 Å². The zero-order chi connectivity index (χ0) is 10.8. The van der Waals surface area contributed by atoms with E-state index in [0.717, 1.165) is 24.3 Å². The summed E-state index contributed by atoms with van der Waals surface area (Å²) in [5.74, 6) is -0.366. The van der Waals surface area contributed by atoms with Crippen molar-refractivity contribution in [3.05, 3.63) is 34.1 Å². The number of nitrogens with one attached hydrogen (secondary N) is 1. The number of morpholine rings is 1. The average Bonchev–Trinajstić information content (AvgIpc) is 2.27. The summed E-state index contributed by atoms with van der Waals surface area (Å²) in [7, 11) is 0. The third-order valence-electron chi connectivity index (χ3n) is 2.68. The topological polar surface area (TPSA) is 21.3 Å². The Bertz CT molecular complexity index is 364. The maximum atomic E-state index is 13.1. The first-order chi connectivity index (χ1) is 7.20. The van der Waals surface area contributed by atoms with E-state index in [1.807, 2.05) is 6.92 Å². The quantitative estimate of drug-likeness (QED) is 0.799. The molecule has 0 saturated carbocycles. The minimum absolute atomic E-state index is 0.122. The van der Waals surface area contributed by atoms with Gasteiger partial charge < -0.3 is 10.1 Å². The van der Waals surface area contributed by atoms with E-state index >= 15 is 0 Å². The Kier molecular flexibility index (Phi) is 3.24. The second-order valence-electron chi connectivity index (χ2n) is 3.66. The fourth-order valence-electron chi connectivity index (χ4n) is 1.81. The van der Waals surface area contributed by atoms with Gasteiger partial charge in [0.2, 0.25) is 0 Å². The van der Waals surface area contributed by atoms with Crippen molar-refractivity contribution in [2.24, 2.45) is 0 Å².